The molecule has 220 valence electrons. The van der Waals surface area contributed by atoms with Crippen molar-refractivity contribution in [1.82, 2.24) is 20.2 Å². The minimum absolute atomic E-state index is 0.131. The molecule has 0 saturated carbocycles. The van der Waals surface area contributed by atoms with Crippen molar-refractivity contribution in [3.63, 3.8) is 0 Å². The van der Waals surface area contributed by atoms with Crippen LogP contribution in [0.5, 0.6) is 11.5 Å². The van der Waals surface area contributed by atoms with E-state index in [1.54, 1.807) is 25.5 Å². The molecule has 0 aliphatic heterocycles. The van der Waals surface area contributed by atoms with Gasteiger partial charge in [-0.05, 0) is 66.9 Å². The first-order valence-electron chi connectivity index (χ1n) is 12.4. The third-order valence-corrected chi connectivity index (χ3v) is 6.76. The third-order valence-electron chi connectivity index (χ3n) is 5.79. The summed E-state index contributed by atoms with van der Waals surface area (Å²) in [5.74, 6) is -0.248. The number of hydrogen-bond acceptors (Lipinski definition) is 9. The Morgan fingerprint density at radius 2 is 1.76 bits per heavy atom. The number of halogens is 3. The van der Waals surface area contributed by atoms with Crippen LogP contribution in [0, 0.1) is 13.8 Å². The number of methoxy groups -OCH3 is 1. The molecule has 42 heavy (non-hydrogen) atoms. The number of benzene rings is 3. The number of aryl methyl sites for hydroxylation is 2. The average Bonchev–Trinajstić information content (AvgIpc) is 3.43. The number of aromatic nitrogens is 3. The summed E-state index contributed by atoms with van der Waals surface area (Å²) in [4.78, 5) is 15.5. The fourth-order valence-corrected chi connectivity index (χ4v) is 4.53. The SMILES string of the molecule is COc1cc(C)c(NC(N/N=C/c2ccc(-c3ncn(-c4ccc(OC(F)(F)F)cc4)n3)cc2)SCC(=O)O)c(C)c1. The van der Waals surface area contributed by atoms with Crippen LogP contribution in [0.2, 0.25) is 0 Å². The van der Waals surface area contributed by atoms with Crippen molar-refractivity contribution in [2.45, 2.75) is 25.7 Å². The number of rotatable bonds is 12. The number of carboxylic acids is 1. The maximum atomic E-state index is 12.4. The minimum Gasteiger partial charge on any atom is -0.497 e. The lowest BCUT2D eigenvalue weighted by Crippen LogP contribution is -2.31. The zero-order chi connectivity index (χ0) is 30.3. The summed E-state index contributed by atoms with van der Waals surface area (Å²) in [5.41, 5.74) is 7.18. The van der Waals surface area contributed by atoms with E-state index in [4.69, 9.17) is 9.84 Å². The number of aliphatic carboxylic acids is 1. The number of carboxylic acid groups (broad SMARTS) is 1. The van der Waals surface area contributed by atoms with Crippen LogP contribution in [-0.2, 0) is 4.79 Å². The van der Waals surface area contributed by atoms with Crippen LogP contribution in [0.1, 0.15) is 16.7 Å². The molecule has 0 amide bonds. The summed E-state index contributed by atoms with van der Waals surface area (Å²) in [5, 5.41) is 21.2. The number of alkyl halides is 3. The fraction of sp³-hybridized carbons (Fsp3) is 0.214. The summed E-state index contributed by atoms with van der Waals surface area (Å²) in [6, 6.07) is 16.3. The van der Waals surface area contributed by atoms with E-state index in [1.165, 1.54) is 35.3 Å². The average molecular weight is 601 g/mol. The largest absolute Gasteiger partial charge is 0.573 e. The van der Waals surface area contributed by atoms with E-state index in [-0.39, 0.29) is 11.5 Å². The molecule has 1 atom stereocenters. The van der Waals surface area contributed by atoms with Crippen LogP contribution in [0.3, 0.4) is 0 Å². The Morgan fingerprint density at radius 3 is 2.36 bits per heavy atom. The fourth-order valence-electron chi connectivity index (χ4n) is 3.88. The van der Waals surface area contributed by atoms with Crippen molar-refractivity contribution in [2.24, 2.45) is 5.10 Å². The predicted octanol–water partition coefficient (Wildman–Crippen LogP) is 5.60. The molecule has 0 aliphatic carbocycles. The Hall–Kier alpha value is -4.72. The highest BCUT2D eigenvalue weighted by molar-refractivity contribution is 8.00. The summed E-state index contributed by atoms with van der Waals surface area (Å²) in [6.45, 7) is 3.87. The topological polar surface area (TPSA) is 123 Å². The number of anilines is 1. The molecule has 0 fully saturated rings. The normalized spacial score (nSPS) is 12.2. The number of hydrogen-bond donors (Lipinski definition) is 3. The van der Waals surface area contributed by atoms with Crippen LogP contribution in [0.25, 0.3) is 17.1 Å². The molecule has 0 saturated heterocycles. The summed E-state index contributed by atoms with van der Waals surface area (Å²) in [7, 11) is 1.60. The van der Waals surface area contributed by atoms with Crippen LogP contribution in [0.15, 0.2) is 72.1 Å². The maximum Gasteiger partial charge on any atom is 0.573 e. The minimum atomic E-state index is -4.76. The van der Waals surface area contributed by atoms with Gasteiger partial charge in [0.1, 0.15) is 17.8 Å². The molecular formula is C28H27F3N6O4S. The zero-order valence-corrected chi connectivity index (χ0v) is 23.5. The Kier molecular flexibility index (Phi) is 9.57. The van der Waals surface area contributed by atoms with Gasteiger partial charge in [0, 0.05) is 11.3 Å². The second-order valence-corrected chi connectivity index (χ2v) is 10.0. The molecule has 0 bridgehead atoms. The number of hydrazone groups is 1. The number of carbonyl (C=O) groups is 1. The van der Waals surface area contributed by atoms with E-state index in [0.717, 1.165) is 45.5 Å². The smallest absolute Gasteiger partial charge is 0.497 e. The maximum absolute atomic E-state index is 12.4. The molecule has 1 heterocycles. The van der Waals surface area contributed by atoms with Gasteiger partial charge >= 0.3 is 12.3 Å². The van der Waals surface area contributed by atoms with Crippen molar-refractivity contribution < 1.29 is 32.5 Å². The molecule has 1 aromatic heterocycles. The Bertz CT molecular complexity index is 1520. The highest BCUT2D eigenvalue weighted by Gasteiger charge is 2.31. The standard InChI is InChI=1S/C28H27F3N6O4S/c1-17-12-23(40-3)13-18(2)25(17)34-27(42-15-24(38)39)35-33-14-19-4-6-20(7-5-19)26-32-16-37(36-26)21-8-10-22(11-9-21)41-28(29,30)31/h4-14,16,27,34-35H,15H2,1-3H3,(H,38,39)/b33-14+. The van der Waals surface area contributed by atoms with Gasteiger partial charge in [0.15, 0.2) is 11.3 Å². The number of thioether (sulfide) groups is 1. The molecular weight excluding hydrogens is 573 g/mol. The van der Waals surface area contributed by atoms with Crippen LogP contribution in [0.4, 0.5) is 18.9 Å². The molecule has 0 radical (unpaired) electrons. The van der Waals surface area contributed by atoms with Gasteiger partial charge in [0.2, 0.25) is 0 Å². The third kappa shape index (κ3) is 8.39. The van der Waals surface area contributed by atoms with Gasteiger partial charge in [-0.1, -0.05) is 24.3 Å². The van der Waals surface area contributed by atoms with Crippen LogP contribution in [-0.4, -0.2) is 56.8 Å². The molecule has 0 aliphatic rings. The highest BCUT2D eigenvalue weighted by Crippen LogP contribution is 2.28. The summed E-state index contributed by atoms with van der Waals surface area (Å²) in [6.07, 6.45) is -1.70. The van der Waals surface area contributed by atoms with E-state index >= 15 is 0 Å². The summed E-state index contributed by atoms with van der Waals surface area (Å²) < 4.78 is 47.8. The van der Waals surface area contributed by atoms with Gasteiger partial charge in [-0.2, -0.15) is 5.10 Å². The Labute approximate surface area is 243 Å². The zero-order valence-electron chi connectivity index (χ0n) is 22.7. The number of ether oxygens (including phenoxy) is 2. The summed E-state index contributed by atoms with van der Waals surface area (Å²) >= 11 is 1.15. The second kappa shape index (κ2) is 13.3. The van der Waals surface area contributed by atoms with E-state index in [0.29, 0.717) is 11.5 Å². The van der Waals surface area contributed by atoms with Crippen molar-refractivity contribution in [2.75, 3.05) is 18.2 Å². The van der Waals surface area contributed by atoms with Crippen molar-refractivity contribution in [1.29, 1.82) is 0 Å². The quantitative estimate of drug-likeness (QED) is 0.108. The molecule has 3 aromatic carbocycles. The van der Waals surface area contributed by atoms with E-state index in [9.17, 15) is 18.0 Å². The molecule has 14 heteroatoms. The van der Waals surface area contributed by atoms with Gasteiger partial charge in [-0.25, -0.2) is 9.67 Å². The lowest BCUT2D eigenvalue weighted by Gasteiger charge is -2.21. The monoisotopic (exact) mass is 600 g/mol. The van der Waals surface area contributed by atoms with E-state index < -0.39 is 17.8 Å². The van der Waals surface area contributed by atoms with Gasteiger partial charge in [-0.3, -0.25) is 10.2 Å². The van der Waals surface area contributed by atoms with Gasteiger partial charge in [0.25, 0.3) is 0 Å². The van der Waals surface area contributed by atoms with Gasteiger partial charge in [0.05, 0.1) is 24.8 Å². The molecule has 4 aromatic rings. The van der Waals surface area contributed by atoms with E-state index in [2.05, 4.69) is 30.7 Å². The van der Waals surface area contributed by atoms with Gasteiger partial charge in [-0.15, -0.1) is 30.0 Å². The Balaban J connectivity index is 1.40. The van der Waals surface area contributed by atoms with E-state index in [1.807, 2.05) is 38.1 Å². The predicted molar refractivity (Wildman–Crippen MR) is 154 cm³/mol. The van der Waals surface area contributed by atoms with Crippen molar-refractivity contribution in [3.05, 3.63) is 83.7 Å². The van der Waals surface area contributed by atoms with Crippen molar-refractivity contribution >= 4 is 29.6 Å². The molecule has 1 unspecified atom stereocenters. The van der Waals surface area contributed by atoms with Crippen molar-refractivity contribution in [3.8, 4) is 28.6 Å². The van der Waals surface area contributed by atoms with Gasteiger partial charge < -0.3 is 19.9 Å². The second-order valence-electron chi connectivity index (χ2n) is 8.93. The highest BCUT2D eigenvalue weighted by atomic mass is 32.2. The lowest BCUT2D eigenvalue weighted by molar-refractivity contribution is -0.274. The first kappa shape index (κ1) is 30.2. The Morgan fingerprint density at radius 1 is 1.10 bits per heavy atom. The first-order chi connectivity index (χ1) is 20.0. The molecule has 3 N–H and O–H groups in total. The molecule has 0 spiro atoms. The van der Waals surface area contributed by atoms with Crippen LogP contribution >= 0.6 is 11.8 Å². The van der Waals surface area contributed by atoms with Crippen LogP contribution < -0.4 is 20.2 Å². The number of nitrogens with one attached hydrogen (secondary N) is 2. The molecule has 4 rings (SSSR count). The lowest BCUT2D eigenvalue weighted by atomic mass is 10.1. The molecule has 10 nitrogen and oxygen atoms in total. The number of nitrogens with zero attached hydrogens (tertiary/aromatic N) is 4. The first-order valence-corrected chi connectivity index (χ1v) is 13.5.